The van der Waals surface area contributed by atoms with E-state index in [1.165, 1.54) is 12.3 Å². The van der Waals surface area contributed by atoms with E-state index in [0.717, 1.165) is 12.8 Å². The molecule has 1 unspecified atom stereocenters. The predicted octanol–water partition coefficient (Wildman–Crippen LogP) is 1.87. The Morgan fingerprint density at radius 1 is 1.65 bits per heavy atom. The van der Waals surface area contributed by atoms with Gasteiger partial charge in [0.2, 0.25) is 0 Å². The fourth-order valence-corrected chi connectivity index (χ4v) is 1.56. The minimum atomic E-state index is -0.147. The molecule has 0 radical (unpaired) electrons. The maximum atomic E-state index is 11.7. The SMILES string of the molecule is CC(CO)CCCNC(=O)c1ccnc(Cl)c1. The van der Waals surface area contributed by atoms with Gasteiger partial charge in [0.05, 0.1) is 0 Å². The van der Waals surface area contributed by atoms with Gasteiger partial charge in [0.1, 0.15) is 5.15 Å². The highest BCUT2D eigenvalue weighted by atomic mass is 35.5. The zero-order chi connectivity index (χ0) is 12.7. The predicted molar refractivity (Wildman–Crippen MR) is 67.1 cm³/mol. The van der Waals surface area contributed by atoms with Crippen LogP contribution in [0.5, 0.6) is 0 Å². The Hall–Kier alpha value is -1.13. The average molecular weight is 257 g/mol. The summed E-state index contributed by atoms with van der Waals surface area (Å²) in [5.74, 6) is 0.133. The number of aromatic nitrogens is 1. The summed E-state index contributed by atoms with van der Waals surface area (Å²) in [7, 11) is 0. The van der Waals surface area contributed by atoms with Crippen LogP contribution >= 0.6 is 11.6 Å². The smallest absolute Gasteiger partial charge is 0.251 e. The summed E-state index contributed by atoms with van der Waals surface area (Å²) in [4.78, 5) is 15.5. The summed E-state index contributed by atoms with van der Waals surface area (Å²) in [6.45, 7) is 2.77. The zero-order valence-corrected chi connectivity index (χ0v) is 10.6. The molecule has 0 aliphatic rings. The summed E-state index contributed by atoms with van der Waals surface area (Å²) in [5.41, 5.74) is 0.514. The molecule has 0 saturated heterocycles. The second-order valence-electron chi connectivity index (χ2n) is 4.05. The Kier molecular flexibility index (Phi) is 5.94. The molecule has 0 saturated carbocycles. The maximum Gasteiger partial charge on any atom is 0.251 e. The van der Waals surface area contributed by atoms with Gasteiger partial charge in [0.15, 0.2) is 0 Å². The number of halogens is 1. The van der Waals surface area contributed by atoms with Crippen LogP contribution in [0.25, 0.3) is 0 Å². The first-order valence-corrected chi connectivity index (χ1v) is 6.02. The number of nitrogens with zero attached hydrogens (tertiary/aromatic N) is 1. The van der Waals surface area contributed by atoms with Crippen LogP contribution in [0.3, 0.4) is 0 Å². The average Bonchev–Trinajstić information content (AvgIpc) is 2.34. The Labute approximate surface area is 106 Å². The Morgan fingerprint density at radius 2 is 2.41 bits per heavy atom. The van der Waals surface area contributed by atoms with Gasteiger partial charge in [-0.15, -0.1) is 0 Å². The van der Waals surface area contributed by atoms with Gasteiger partial charge in [0, 0.05) is 24.9 Å². The highest BCUT2D eigenvalue weighted by Crippen LogP contribution is 2.07. The van der Waals surface area contributed by atoms with Crippen molar-refractivity contribution in [2.24, 2.45) is 5.92 Å². The fourth-order valence-electron chi connectivity index (χ4n) is 1.39. The summed E-state index contributed by atoms with van der Waals surface area (Å²) in [6, 6.07) is 3.16. The number of amides is 1. The first-order valence-electron chi connectivity index (χ1n) is 5.64. The minimum Gasteiger partial charge on any atom is -0.396 e. The molecule has 1 amide bonds. The van der Waals surface area contributed by atoms with E-state index < -0.39 is 0 Å². The maximum absolute atomic E-state index is 11.7. The second kappa shape index (κ2) is 7.25. The highest BCUT2D eigenvalue weighted by molar-refractivity contribution is 6.29. The van der Waals surface area contributed by atoms with E-state index in [1.54, 1.807) is 6.07 Å². The first-order chi connectivity index (χ1) is 8.13. The van der Waals surface area contributed by atoms with Crippen LogP contribution in [-0.2, 0) is 0 Å². The molecule has 1 aromatic rings. The normalized spacial score (nSPS) is 12.2. The van der Waals surface area contributed by atoms with Gasteiger partial charge in [-0.25, -0.2) is 4.98 Å². The van der Waals surface area contributed by atoms with Crippen LogP contribution in [0.15, 0.2) is 18.3 Å². The number of carbonyl (C=O) groups is 1. The number of aliphatic hydroxyl groups is 1. The molecular weight excluding hydrogens is 240 g/mol. The molecule has 4 nitrogen and oxygen atoms in total. The van der Waals surface area contributed by atoms with E-state index in [0.29, 0.717) is 17.3 Å². The van der Waals surface area contributed by atoms with Crippen LogP contribution in [0.4, 0.5) is 0 Å². The van der Waals surface area contributed by atoms with E-state index in [9.17, 15) is 4.79 Å². The van der Waals surface area contributed by atoms with Crippen LogP contribution in [0.2, 0.25) is 5.15 Å². The molecular formula is C12H17ClN2O2. The van der Waals surface area contributed by atoms with Crippen molar-refractivity contribution in [3.8, 4) is 0 Å². The fraction of sp³-hybridized carbons (Fsp3) is 0.500. The van der Waals surface area contributed by atoms with E-state index in [-0.39, 0.29) is 18.4 Å². The number of carbonyl (C=O) groups excluding carboxylic acids is 1. The molecule has 0 aliphatic carbocycles. The van der Waals surface area contributed by atoms with Crippen molar-refractivity contribution in [1.82, 2.24) is 10.3 Å². The Bertz CT molecular complexity index is 371. The molecule has 1 heterocycles. The lowest BCUT2D eigenvalue weighted by atomic mass is 10.1. The summed E-state index contributed by atoms with van der Waals surface area (Å²) in [5, 5.41) is 12.0. The Balaban J connectivity index is 2.30. The van der Waals surface area contributed by atoms with Crippen LogP contribution < -0.4 is 5.32 Å². The van der Waals surface area contributed by atoms with Crippen molar-refractivity contribution < 1.29 is 9.90 Å². The lowest BCUT2D eigenvalue weighted by Crippen LogP contribution is -2.24. The van der Waals surface area contributed by atoms with Gasteiger partial charge in [0.25, 0.3) is 5.91 Å². The largest absolute Gasteiger partial charge is 0.396 e. The molecule has 1 aromatic heterocycles. The van der Waals surface area contributed by atoms with Gasteiger partial charge in [-0.05, 0) is 30.9 Å². The molecule has 17 heavy (non-hydrogen) atoms. The van der Waals surface area contributed by atoms with Crippen molar-refractivity contribution >= 4 is 17.5 Å². The number of aliphatic hydroxyl groups excluding tert-OH is 1. The van der Waals surface area contributed by atoms with Crippen molar-refractivity contribution in [1.29, 1.82) is 0 Å². The molecule has 1 atom stereocenters. The van der Waals surface area contributed by atoms with Gasteiger partial charge >= 0.3 is 0 Å². The number of nitrogens with one attached hydrogen (secondary N) is 1. The lowest BCUT2D eigenvalue weighted by molar-refractivity contribution is 0.0952. The monoisotopic (exact) mass is 256 g/mol. The molecule has 1 rings (SSSR count). The standard InChI is InChI=1S/C12H17ClN2O2/c1-9(8-16)3-2-5-15-12(17)10-4-6-14-11(13)7-10/h4,6-7,9,16H,2-3,5,8H2,1H3,(H,15,17). The third kappa shape index (κ3) is 5.15. The van der Waals surface area contributed by atoms with Crippen LogP contribution in [0.1, 0.15) is 30.1 Å². The summed E-state index contributed by atoms with van der Waals surface area (Å²) in [6.07, 6.45) is 3.26. The molecule has 0 aliphatic heterocycles. The van der Waals surface area contributed by atoms with E-state index in [1.807, 2.05) is 6.92 Å². The molecule has 0 fully saturated rings. The molecule has 0 spiro atoms. The van der Waals surface area contributed by atoms with Crippen LogP contribution in [-0.4, -0.2) is 29.1 Å². The van der Waals surface area contributed by atoms with E-state index in [2.05, 4.69) is 10.3 Å². The number of rotatable bonds is 6. The lowest BCUT2D eigenvalue weighted by Gasteiger charge is -2.08. The third-order valence-corrected chi connectivity index (χ3v) is 2.67. The van der Waals surface area contributed by atoms with Crippen molar-refractivity contribution in [2.75, 3.05) is 13.2 Å². The van der Waals surface area contributed by atoms with Gasteiger partial charge < -0.3 is 10.4 Å². The third-order valence-electron chi connectivity index (χ3n) is 2.46. The number of hydrogen-bond donors (Lipinski definition) is 2. The van der Waals surface area contributed by atoms with Gasteiger partial charge in [-0.2, -0.15) is 0 Å². The number of hydrogen-bond acceptors (Lipinski definition) is 3. The van der Waals surface area contributed by atoms with Gasteiger partial charge in [-0.3, -0.25) is 4.79 Å². The second-order valence-corrected chi connectivity index (χ2v) is 4.44. The molecule has 0 bridgehead atoms. The highest BCUT2D eigenvalue weighted by Gasteiger charge is 2.06. The van der Waals surface area contributed by atoms with Crippen LogP contribution in [0, 0.1) is 5.92 Å². The van der Waals surface area contributed by atoms with Gasteiger partial charge in [-0.1, -0.05) is 18.5 Å². The van der Waals surface area contributed by atoms with Crippen molar-refractivity contribution in [2.45, 2.75) is 19.8 Å². The topological polar surface area (TPSA) is 62.2 Å². The van der Waals surface area contributed by atoms with Crippen molar-refractivity contribution in [3.05, 3.63) is 29.0 Å². The summed E-state index contributed by atoms with van der Waals surface area (Å²) < 4.78 is 0. The number of pyridine rings is 1. The Morgan fingerprint density at radius 3 is 3.06 bits per heavy atom. The molecule has 0 aromatic carbocycles. The minimum absolute atomic E-state index is 0.147. The zero-order valence-electron chi connectivity index (χ0n) is 9.82. The summed E-state index contributed by atoms with van der Waals surface area (Å²) >= 11 is 5.69. The molecule has 94 valence electrons. The van der Waals surface area contributed by atoms with E-state index in [4.69, 9.17) is 16.7 Å². The molecule has 5 heteroatoms. The quantitative estimate of drug-likeness (QED) is 0.603. The first kappa shape index (κ1) is 13.9. The van der Waals surface area contributed by atoms with Crippen molar-refractivity contribution in [3.63, 3.8) is 0 Å². The molecule has 2 N–H and O–H groups in total. The van der Waals surface area contributed by atoms with E-state index >= 15 is 0 Å².